The van der Waals surface area contributed by atoms with E-state index in [1.54, 1.807) is 0 Å². The van der Waals surface area contributed by atoms with E-state index in [1.807, 2.05) is 0 Å². The van der Waals surface area contributed by atoms with E-state index < -0.39 is 23.6 Å². The lowest BCUT2D eigenvalue weighted by Gasteiger charge is -2.33. The third-order valence-corrected chi connectivity index (χ3v) is 3.65. The minimum atomic E-state index is -0.755. The predicted molar refractivity (Wildman–Crippen MR) is 71.4 cm³/mol. The molecule has 0 saturated carbocycles. The van der Waals surface area contributed by atoms with Crippen LogP contribution in [0.5, 0.6) is 0 Å². The van der Waals surface area contributed by atoms with Crippen molar-refractivity contribution in [2.24, 2.45) is 0 Å². The summed E-state index contributed by atoms with van der Waals surface area (Å²) in [7, 11) is 1.28. The van der Waals surface area contributed by atoms with Gasteiger partial charge in [-0.25, -0.2) is 13.6 Å². The molecule has 114 valence electrons. The van der Waals surface area contributed by atoms with Crippen LogP contribution in [0.1, 0.15) is 24.8 Å². The van der Waals surface area contributed by atoms with Gasteiger partial charge in [0.05, 0.1) is 13.5 Å². The zero-order chi connectivity index (χ0) is 15.4. The number of hydrogen-bond donors (Lipinski definition) is 0. The number of halogens is 2. The summed E-state index contributed by atoms with van der Waals surface area (Å²) in [5, 5.41) is 0. The van der Waals surface area contributed by atoms with Crippen molar-refractivity contribution in [3.63, 3.8) is 0 Å². The maximum atomic E-state index is 13.6. The first-order valence-electron chi connectivity index (χ1n) is 6.84. The van der Waals surface area contributed by atoms with Crippen LogP contribution < -0.4 is 0 Å². The molecule has 6 heteroatoms. The van der Waals surface area contributed by atoms with Gasteiger partial charge in [0.25, 0.3) is 0 Å². The summed E-state index contributed by atoms with van der Waals surface area (Å²) in [6.07, 6.45) is 1.99. The lowest BCUT2D eigenvalue weighted by molar-refractivity contribution is -0.154. The van der Waals surface area contributed by atoms with Gasteiger partial charge in [0.15, 0.2) is 0 Å². The number of methoxy groups -OCH3 is 1. The molecule has 1 aliphatic rings. The van der Waals surface area contributed by atoms with E-state index in [1.165, 1.54) is 18.1 Å². The summed E-state index contributed by atoms with van der Waals surface area (Å²) >= 11 is 0. The van der Waals surface area contributed by atoms with Crippen molar-refractivity contribution < 1.29 is 23.1 Å². The van der Waals surface area contributed by atoms with Gasteiger partial charge in [0.1, 0.15) is 17.7 Å². The van der Waals surface area contributed by atoms with Gasteiger partial charge in [-0.2, -0.15) is 0 Å². The van der Waals surface area contributed by atoms with E-state index in [9.17, 15) is 18.4 Å². The molecule has 1 aliphatic heterocycles. The number of esters is 1. The minimum Gasteiger partial charge on any atom is -0.467 e. The molecule has 2 rings (SSSR count). The summed E-state index contributed by atoms with van der Waals surface area (Å²) in [4.78, 5) is 25.4. The van der Waals surface area contributed by atoms with Crippen molar-refractivity contribution in [1.82, 2.24) is 4.90 Å². The number of carbonyl (C=O) groups is 2. The number of piperidine rings is 1. The molecule has 0 spiro atoms. The van der Waals surface area contributed by atoms with Crippen molar-refractivity contribution in [3.05, 3.63) is 35.4 Å². The highest BCUT2D eigenvalue weighted by Crippen LogP contribution is 2.20. The van der Waals surface area contributed by atoms with Gasteiger partial charge in [-0.05, 0) is 30.9 Å². The average molecular weight is 297 g/mol. The smallest absolute Gasteiger partial charge is 0.328 e. The molecule has 0 N–H and O–H groups in total. The lowest BCUT2D eigenvalue weighted by Crippen LogP contribution is -2.49. The molecule has 1 atom stereocenters. The highest BCUT2D eigenvalue weighted by Gasteiger charge is 2.32. The zero-order valence-electron chi connectivity index (χ0n) is 11.8. The molecule has 21 heavy (non-hydrogen) atoms. The monoisotopic (exact) mass is 297 g/mol. The highest BCUT2D eigenvalue weighted by atomic mass is 19.1. The summed E-state index contributed by atoms with van der Waals surface area (Å²) in [6, 6.07) is 2.50. The fourth-order valence-corrected chi connectivity index (χ4v) is 2.54. The predicted octanol–water partition coefficient (Wildman–Crippen LogP) is 2.06. The van der Waals surface area contributed by atoms with E-state index >= 15 is 0 Å². The molecule has 1 aromatic rings. The first kappa shape index (κ1) is 15.4. The van der Waals surface area contributed by atoms with E-state index in [0.29, 0.717) is 13.0 Å². The Bertz CT molecular complexity index is 548. The Kier molecular flexibility index (Phi) is 4.88. The van der Waals surface area contributed by atoms with Gasteiger partial charge in [0.2, 0.25) is 5.91 Å². The molecule has 0 aliphatic carbocycles. The zero-order valence-corrected chi connectivity index (χ0v) is 11.8. The summed E-state index contributed by atoms with van der Waals surface area (Å²) in [5.41, 5.74) is 0.121. The Hall–Kier alpha value is -1.98. The first-order valence-corrected chi connectivity index (χ1v) is 6.84. The Morgan fingerprint density at radius 3 is 2.76 bits per heavy atom. The Balaban J connectivity index is 2.12. The second kappa shape index (κ2) is 6.65. The fourth-order valence-electron chi connectivity index (χ4n) is 2.54. The minimum absolute atomic E-state index is 0.121. The molecular formula is C15H17F2NO3. The normalized spacial score (nSPS) is 18.4. The van der Waals surface area contributed by atoms with Gasteiger partial charge >= 0.3 is 5.97 Å². The van der Waals surface area contributed by atoms with Crippen LogP contribution in [0, 0.1) is 11.6 Å². The van der Waals surface area contributed by atoms with Gasteiger partial charge in [-0.15, -0.1) is 0 Å². The molecule has 0 radical (unpaired) electrons. The highest BCUT2D eigenvalue weighted by molar-refractivity contribution is 5.86. The van der Waals surface area contributed by atoms with E-state index in [2.05, 4.69) is 0 Å². The molecule has 1 aromatic carbocycles. The van der Waals surface area contributed by atoms with Crippen molar-refractivity contribution in [1.29, 1.82) is 0 Å². The Labute approximate surface area is 121 Å². The van der Waals surface area contributed by atoms with Crippen molar-refractivity contribution in [3.8, 4) is 0 Å². The number of ether oxygens (including phenoxy) is 1. The Morgan fingerprint density at radius 1 is 1.33 bits per heavy atom. The van der Waals surface area contributed by atoms with E-state index in [4.69, 9.17) is 4.74 Å². The van der Waals surface area contributed by atoms with Crippen LogP contribution in [0.2, 0.25) is 0 Å². The van der Waals surface area contributed by atoms with Gasteiger partial charge in [-0.3, -0.25) is 4.79 Å². The number of carbonyl (C=O) groups excluding carboxylic acids is 2. The molecule has 0 aromatic heterocycles. The second-order valence-corrected chi connectivity index (χ2v) is 5.03. The van der Waals surface area contributed by atoms with Crippen LogP contribution in [-0.4, -0.2) is 36.5 Å². The average Bonchev–Trinajstić information content (AvgIpc) is 2.49. The number of benzene rings is 1. The second-order valence-electron chi connectivity index (χ2n) is 5.03. The number of amides is 1. The number of nitrogens with zero attached hydrogens (tertiary/aromatic N) is 1. The largest absolute Gasteiger partial charge is 0.467 e. The standard InChI is InChI=1S/C15H17F2NO3/c1-21-15(20)13-4-2-3-7-18(13)14(19)8-10-5-6-11(16)9-12(10)17/h5-6,9,13H,2-4,7-8H2,1H3/t13-/m1/s1. The quantitative estimate of drug-likeness (QED) is 0.802. The summed E-state index contributed by atoms with van der Waals surface area (Å²) < 4.78 is 31.2. The van der Waals surface area contributed by atoms with Crippen molar-refractivity contribution >= 4 is 11.9 Å². The third kappa shape index (κ3) is 3.56. The van der Waals surface area contributed by atoms with Crippen LogP contribution in [0.15, 0.2) is 18.2 Å². The fraction of sp³-hybridized carbons (Fsp3) is 0.467. The summed E-state index contributed by atoms with van der Waals surface area (Å²) in [5.74, 6) is -2.25. The van der Waals surface area contributed by atoms with Crippen LogP contribution in [0.4, 0.5) is 8.78 Å². The first-order chi connectivity index (χ1) is 10.0. The maximum absolute atomic E-state index is 13.6. The summed E-state index contributed by atoms with van der Waals surface area (Å²) in [6.45, 7) is 0.446. The molecule has 1 fully saturated rings. The van der Waals surface area contributed by atoms with Gasteiger partial charge < -0.3 is 9.64 Å². The van der Waals surface area contributed by atoms with E-state index in [0.717, 1.165) is 25.0 Å². The van der Waals surface area contributed by atoms with Gasteiger partial charge in [0, 0.05) is 12.6 Å². The Morgan fingerprint density at radius 2 is 2.10 bits per heavy atom. The number of likely N-dealkylation sites (tertiary alicyclic amines) is 1. The molecule has 4 nitrogen and oxygen atoms in total. The van der Waals surface area contributed by atoms with Crippen molar-refractivity contribution in [2.75, 3.05) is 13.7 Å². The molecule has 1 amide bonds. The molecule has 0 bridgehead atoms. The molecule has 1 heterocycles. The SMILES string of the molecule is COC(=O)[C@H]1CCCCN1C(=O)Cc1ccc(F)cc1F. The van der Waals surface area contributed by atoms with Crippen LogP contribution in [-0.2, 0) is 20.7 Å². The molecule has 0 unspecified atom stereocenters. The number of rotatable bonds is 3. The lowest BCUT2D eigenvalue weighted by atomic mass is 10.0. The van der Waals surface area contributed by atoms with Crippen LogP contribution in [0.25, 0.3) is 0 Å². The van der Waals surface area contributed by atoms with Crippen molar-refractivity contribution in [2.45, 2.75) is 31.7 Å². The third-order valence-electron chi connectivity index (χ3n) is 3.65. The molecular weight excluding hydrogens is 280 g/mol. The van der Waals surface area contributed by atoms with Crippen LogP contribution >= 0.6 is 0 Å². The topological polar surface area (TPSA) is 46.6 Å². The van der Waals surface area contributed by atoms with E-state index in [-0.39, 0.29) is 17.9 Å². The van der Waals surface area contributed by atoms with Crippen LogP contribution in [0.3, 0.4) is 0 Å². The van der Waals surface area contributed by atoms with Gasteiger partial charge in [-0.1, -0.05) is 6.07 Å². The number of hydrogen-bond acceptors (Lipinski definition) is 3. The molecule has 1 saturated heterocycles. The maximum Gasteiger partial charge on any atom is 0.328 e.